The zero-order valence-electron chi connectivity index (χ0n) is 12.1. The first-order valence-electron chi connectivity index (χ1n) is 6.92. The molecule has 0 atom stereocenters. The SMILES string of the molecule is C/C=C\c1oc2ccc(-c3ccc(C)cc3)cc2c1C. The zero-order valence-corrected chi connectivity index (χ0v) is 12.1. The highest BCUT2D eigenvalue weighted by Crippen LogP contribution is 2.30. The van der Waals surface area contributed by atoms with E-state index in [-0.39, 0.29) is 0 Å². The van der Waals surface area contributed by atoms with Gasteiger partial charge in [-0.3, -0.25) is 0 Å². The largest absolute Gasteiger partial charge is 0.456 e. The van der Waals surface area contributed by atoms with Crippen molar-refractivity contribution in [3.63, 3.8) is 0 Å². The van der Waals surface area contributed by atoms with Gasteiger partial charge in [-0.1, -0.05) is 42.0 Å². The summed E-state index contributed by atoms with van der Waals surface area (Å²) < 4.78 is 5.86. The molecule has 0 radical (unpaired) electrons. The number of fused-ring (bicyclic) bond motifs is 1. The predicted molar refractivity (Wildman–Crippen MR) is 85.8 cm³/mol. The topological polar surface area (TPSA) is 13.1 Å². The van der Waals surface area contributed by atoms with Crippen LogP contribution in [0.1, 0.15) is 23.8 Å². The van der Waals surface area contributed by atoms with Gasteiger partial charge in [0, 0.05) is 10.9 Å². The van der Waals surface area contributed by atoms with Gasteiger partial charge in [0.25, 0.3) is 0 Å². The summed E-state index contributed by atoms with van der Waals surface area (Å²) in [5.41, 5.74) is 5.90. The summed E-state index contributed by atoms with van der Waals surface area (Å²) in [5, 5.41) is 1.19. The van der Waals surface area contributed by atoms with E-state index in [1.807, 2.05) is 19.1 Å². The van der Waals surface area contributed by atoms with E-state index in [2.05, 4.69) is 56.3 Å². The third-order valence-corrected chi connectivity index (χ3v) is 3.68. The van der Waals surface area contributed by atoms with Crippen molar-refractivity contribution < 1.29 is 4.42 Å². The van der Waals surface area contributed by atoms with E-state index in [4.69, 9.17) is 4.42 Å². The molecule has 0 spiro atoms. The van der Waals surface area contributed by atoms with Crippen LogP contribution in [0.2, 0.25) is 0 Å². The van der Waals surface area contributed by atoms with Crippen LogP contribution in [-0.2, 0) is 0 Å². The summed E-state index contributed by atoms with van der Waals surface area (Å²) in [7, 11) is 0. The molecule has 1 aromatic heterocycles. The fraction of sp³-hybridized carbons (Fsp3) is 0.158. The third kappa shape index (κ3) is 2.16. The molecule has 1 heteroatoms. The Bertz CT molecular complexity index is 773. The predicted octanol–water partition coefficient (Wildman–Crippen LogP) is 5.75. The lowest BCUT2D eigenvalue weighted by Crippen LogP contribution is -1.79. The van der Waals surface area contributed by atoms with Gasteiger partial charge in [-0.05, 0) is 50.1 Å². The van der Waals surface area contributed by atoms with Crippen molar-refractivity contribution in [2.75, 3.05) is 0 Å². The number of hydrogen-bond donors (Lipinski definition) is 0. The summed E-state index contributed by atoms with van der Waals surface area (Å²) in [4.78, 5) is 0. The number of allylic oxidation sites excluding steroid dienone is 1. The minimum absolute atomic E-state index is 0.948. The Morgan fingerprint density at radius 2 is 1.60 bits per heavy atom. The summed E-state index contributed by atoms with van der Waals surface area (Å²) in [6.07, 6.45) is 4.02. The number of hydrogen-bond acceptors (Lipinski definition) is 1. The van der Waals surface area contributed by atoms with Crippen LogP contribution >= 0.6 is 0 Å². The average Bonchev–Trinajstić information content (AvgIpc) is 2.77. The first kappa shape index (κ1) is 12.7. The van der Waals surface area contributed by atoms with Crippen molar-refractivity contribution in [2.24, 2.45) is 0 Å². The second-order valence-electron chi connectivity index (χ2n) is 5.17. The van der Waals surface area contributed by atoms with Gasteiger partial charge in [-0.2, -0.15) is 0 Å². The van der Waals surface area contributed by atoms with Gasteiger partial charge >= 0.3 is 0 Å². The standard InChI is InChI=1S/C19H18O/c1-4-5-18-14(3)17-12-16(10-11-19(17)20-18)15-8-6-13(2)7-9-15/h4-12H,1-3H3/b5-4-. The van der Waals surface area contributed by atoms with Gasteiger partial charge in [0.15, 0.2) is 0 Å². The zero-order chi connectivity index (χ0) is 14.1. The maximum Gasteiger partial charge on any atom is 0.135 e. The van der Waals surface area contributed by atoms with Gasteiger partial charge in [0.2, 0.25) is 0 Å². The summed E-state index contributed by atoms with van der Waals surface area (Å²) in [6, 6.07) is 15.0. The molecular formula is C19H18O. The lowest BCUT2D eigenvalue weighted by molar-refractivity contribution is 0.601. The molecule has 0 N–H and O–H groups in total. The van der Waals surface area contributed by atoms with Crippen LogP contribution < -0.4 is 0 Å². The van der Waals surface area contributed by atoms with Gasteiger partial charge in [0.1, 0.15) is 11.3 Å². The smallest absolute Gasteiger partial charge is 0.135 e. The summed E-state index contributed by atoms with van der Waals surface area (Å²) >= 11 is 0. The monoisotopic (exact) mass is 262 g/mol. The molecule has 1 nitrogen and oxygen atoms in total. The van der Waals surface area contributed by atoms with E-state index in [9.17, 15) is 0 Å². The van der Waals surface area contributed by atoms with Crippen molar-refractivity contribution in [2.45, 2.75) is 20.8 Å². The number of aryl methyl sites for hydroxylation is 2. The molecule has 0 fully saturated rings. The molecule has 1 heterocycles. The highest BCUT2D eigenvalue weighted by molar-refractivity contribution is 5.88. The van der Waals surface area contributed by atoms with Crippen LogP contribution in [0.4, 0.5) is 0 Å². The first-order valence-corrected chi connectivity index (χ1v) is 6.92. The van der Waals surface area contributed by atoms with Gasteiger partial charge in [-0.15, -0.1) is 0 Å². The maximum atomic E-state index is 5.86. The molecule has 3 rings (SSSR count). The van der Waals surface area contributed by atoms with E-state index < -0.39 is 0 Å². The van der Waals surface area contributed by atoms with Crippen LogP contribution in [-0.4, -0.2) is 0 Å². The van der Waals surface area contributed by atoms with Crippen LogP contribution in [0.25, 0.3) is 28.2 Å². The van der Waals surface area contributed by atoms with E-state index in [1.54, 1.807) is 0 Å². The molecule has 0 saturated heterocycles. The molecule has 0 saturated carbocycles. The lowest BCUT2D eigenvalue weighted by Gasteiger charge is -2.02. The van der Waals surface area contributed by atoms with E-state index in [0.717, 1.165) is 11.3 Å². The third-order valence-electron chi connectivity index (χ3n) is 3.68. The molecule has 0 aliphatic carbocycles. The van der Waals surface area contributed by atoms with Gasteiger partial charge in [-0.25, -0.2) is 0 Å². The molecule has 0 amide bonds. The quantitative estimate of drug-likeness (QED) is 0.573. The average molecular weight is 262 g/mol. The first-order chi connectivity index (χ1) is 9.69. The van der Waals surface area contributed by atoms with Crippen LogP contribution in [0.15, 0.2) is 53.0 Å². The second-order valence-corrected chi connectivity index (χ2v) is 5.17. The molecule has 100 valence electrons. The van der Waals surface area contributed by atoms with Crippen LogP contribution in [0.5, 0.6) is 0 Å². The van der Waals surface area contributed by atoms with Crippen molar-refractivity contribution >= 4 is 17.0 Å². The number of furan rings is 1. The van der Waals surface area contributed by atoms with E-state index in [1.165, 1.54) is 27.6 Å². The second kappa shape index (κ2) is 5.01. The van der Waals surface area contributed by atoms with Crippen molar-refractivity contribution in [3.05, 3.63) is 65.4 Å². The van der Waals surface area contributed by atoms with Crippen molar-refractivity contribution in [1.82, 2.24) is 0 Å². The number of rotatable bonds is 2. The van der Waals surface area contributed by atoms with Crippen molar-refractivity contribution in [1.29, 1.82) is 0 Å². The Hall–Kier alpha value is -2.28. The fourth-order valence-electron chi connectivity index (χ4n) is 2.48. The molecule has 0 unspecified atom stereocenters. The normalized spacial score (nSPS) is 11.6. The van der Waals surface area contributed by atoms with Crippen molar-refractivity contribution in [3.8, 4) is 11.1 Å². The van der Waals surface area contributed by atoms with Crippen LogP contribution in [0, 0.1) is 13.8 Å². The Morgan fingerprint density at radius 3 is 2.30 bits per heavy atom. The molecule has 0 aliphatic rings. The molecule has 2 aromatic carbocycles. The van der Waals surface area contributed by atoms with E-state index in [0.29, 0.717) is 0 Å². The molecule has 3 aromatic rings. The minimum Gasteiger partial charge on any atom is -0.456 e. The fourth-order valence-corrected chi connectivity index (χ4v) is 2.48. The van der Waals surface area contributed by atoms with Crippen LogP contribution in [0.3, 0.4) is 0 Å². The Balaban J connectivity index is 2.14. The Kier molecular flexibility index (Phi) is 3.19. The molecule has 0 bridgehead atoms. The Morgan fingerprint density at radius 1 is 0.900 bits per heavy atom. The Labute approximate surface area is 119 Å². The lowest BCUT2D eigenvalue weighted by atomic mass is 10.0. The van der Waals surface area contributed by atoms with Gasteiger partial charge < -0.3 is 4.42 Å². The highest BCUT2D eigenvalue weighted by Gasteiger charge is 2.09. The summed E-state index contributed by atoms with van der Waals surface area (Å²) in [5.74, 6) is 0.948. The van der Waals surface area contributed by atoms with Gasteiger partial charge in [0.05, 0.1) is 0 Å². The maximum absolute atomic E-state index is 5.86. The van der Waals surface area contributed by atoms with E-state index >= 15 is 0 Å². The molecular weight excluding hydrogens is 244 g/mol. The summed E-state index contributed by atoms with van der Waals surface area (Å²) in [6.45, 7) is 6.22. The molecule has 20 heavy (non-hydrogen) atoms. The number of benzene rings is 2. The minimum atomic E-state index is 0.948. The highest BCUT2D eigenvalue weighted by atomic mass is 16.3. The molecule has 0 aliphatic heterocycles.